The molecule has 0 bridgehead atoms. The molecule has 1 aliphatic carbocycles. The van der Waals surface area contributed by atoms with Gasteiger partial charge in [0.05, 0.1) is 0 Å². The molecule has 0 N–H and O–H groups in total. The summed E-state index contributed by atoms with van der Waals surface area (Å²) in [7, 11) is 0. The van der Waals surface area contributed by atoms with Crippen molar-refractivity contribution in [3.8, 4) is 44.7 Å². The van der Waals surface area contributed by atoms with Gasteiger partial charge in [-0.1, -0.05) is 147 Å². The van der Waals surface area contributed by atoms with Crippen molar-refractivity contribution in [3.05, 3.63) is 169 Å². The van der Waals surface area contributed by atoms with Gasteiger partial charge in [-0.2, -0.15) is 0 Å². The molecule has 0 saturated heterocycles. The minimum atomic E-state index is -0.0921. The van der Waals surface area contributed by atoms with E-state index in [1.165, 1.54) is 54.9 Å². The molecular weight excluding hydrogens is 621 g/mol. The summed E-state index contributed by atoms with van der Waals surface area (Å²) in [6, 6.07) is 56.8. The third kappa shape index (κ3) is 3.93. The second-order valence-electron chi connectivity index (χ2n) is 14.4. The van der Waals surface area contributed by atoms with Crippen LogP contribution in [0.25, 0.3) is 99.2 Å². The molecule has 0 unspecified atom stereocenters. The molecule has 0 radical (unpaired) electrons. The van der Waals surface area contributed by atoms with Gasteiger partial charge in [0, 0.05) is 32.7 Å². The molecule has 2 heterocycles. The third-order valence-corrected chi connectivity index (χ3v) is 11.3. The maximum atomic E-state index is 6.91. The molecule has 0 atom stereocenters. The van der Waals surface area contributed by atoms with Crippen LogP contribution < -0.4 is 0 Å². The van der Waals surface area contributed by atoms with Crippen molar-refractivity contribution in [3.63, 3.8) is 0 Å². The highest BCUT2D eigenvalue weighted by atomic mass is 16.3. The van der Waals surface area contributed by atoms with Gasteiger partial charge >= 0.3 is 0 Å². The van der Waals surface area contributed by atoms with Gasteiger partial charge in [-0.25, -0.2) is 0 Å². The number of rotatable bonds is 3. The quantitative estimate of drug-likeness (QED) is 0.178. The van der Waals surface area contributed by atoms with Crippen LogP contribution in [-0.4, -0.2) is 0 Å². The Labute approximate surface area is 295 Å². The number of para-hydroxylation sites is 2. The van der Waals surface area contributed by atoms with Crippen LogP contribution in [0.4, 0.5) is 0 Å². The molecule has 11 rings (SSSR count). The van der Waals surface area contributed by atoms with Crippen LogP contribution >= 0.6 is 0 Å². The van der Waals surface area contributed by atoms with E-state index in [-0.39, 0.29) is 5.41 Å². The normalized spacial score (nSPS) is 13.5. The average Bonchev–Trinajstić information content (AvgIpc) is 3.83. The minimum Gasteiger partial charge on any atom is -0.456 e. The largest absolute Gasteiger partial charge is 0.456 e. The molecule has 2 heteroatoms. The highest BCUT2D eigenvalue weighted by molar-refractivity contribution is 6.23. The lowest BCUT2D eigenvalue weighted by Crippen LogP contribution is -2.14. The van der Waals surface area contributed by atoms with E-state index in [1.54, 1.807) is 0 Å². The maximum absolute atomic E-state index is 6.91. The molecule has 10 aromatic rings. The van der Waals surface area contributed by atoms with Crippen LogP contribution in [0.2, 0.25) is 0 Å². The topological polar surface area (TPSA) is 26.3 Å². The Bertz CT molecular complexity index is 2970. The maximum Gasteiger partial charge on any atom is 0.143 e. The SMILES string of the molecule is CC1(C)c2ccccc2-c2cc3c(cc21)oc1c(-c2ccccc2-c2c4ccccc4c(-c4cc5ccccc5o4)c4ccccc24)cccc13. The predicted molar refractivity (Wildman–Crippen MR) is 212 cm³/mol. The Hall–Kier alpha value is -6.38. The molecule has 2 nitrogen and oxygen atoms in total. The average molecular weight is 653 g/mol. The highest BCUT2D eigenvalue weighted by Crippen LogP contribution is 2.52. The van der Waals surface area contributed by atoms with E-state index >= 15 is 0 Å². The molecule has 0 fully saturated rings. The molecule has 240 valence electrons. The first-order valence-corrected chi connectivity index (χ1v) is 17.7. The molecule has 0 spiro atoms. The Kier molecular flexibility index (Phi) is 5.76. The number of hydrogen-bond acceptors (Lipinski definition) is 2. The summed E-state index contributed by atoms with van der Waals surface area (Å²) in [6.07, 6.45) is 0. The van der Waals surface area contributed by atoms with Gasteiger partial charge in [-0.15, -0.1) is 0 Å². The monoisotopic (exact) mass is 652 g/mol. The third-order valence-electron chi connectivity index (χ3n) is 11.3. The highest BCUT2D eigenvalue weighted by Gasteiger charge is 2.36. The van der Waals surface area contributed by atoms with E-state index < -0.39 is 0 Å². The van der Waals surface area contributed by atoms with Gasteiger partial charge < -0.3 is 8.83 Å². The van der Waals surface area contributed by atoms with Crippen LogP contribution in [0.5, 0.6) is 0 Å². The van der Waals surface area contributed by atoms with Gasteiger partial charge in [0.2, 0.25) is 0 Å². The van der Waals surface area contributed by atoms with E-state index in [2.05, 4.69) is 159 Å². The fourth-order valence-electron chi connectivity index (χ4n) is 8.93. The number of benzene rings is 8. The lowest BCUT2D eigenvalue weighted by atomic mass is 9.82. The minimum absolute atomic E-state index is 0.0921. The molecule has 0 saturated carbocycles. The van der Waals surface area contributed by atoms with Gasteiger partial charge in [-0.05, 0) is 84.8 Å². The molecule has 1 aliphatic rings. The van der Waals surface area contributed by atoms with Gasteiger partial charge in [0.1, 0.15) is 22.5 Å². The van der Waals surface area contributed by atoms with E-state index in [0.717, 1.165) is 55.4 Å². The Morgan fingerprint density at radius 3 is 1.71 bits per heavy atom. The lowest BCUT2D eigenvalue weighted by molar-refractivity contribution is 0.633. The standard InChI is InChI=1S/C49H32O2/c1-49(2)41-24-11-10-16-31(41)39-27-40-38-23-13-22-37(48(38)51-44(40)28-42(39)49)30-15-4-5-17-32(30)46-33-18-6-8-20-35(33)47(36-21-9-7-19-34(36)46)45-26-29-14-3-12-25-43(29)50-45/h3-28H,1-2H3. The van der Waals surface area contributed by atoms with E-state index in [0.29, 0.717) is 0 Å². The van der Waals surface area contributed by atoms with Crippen molar-refractivity contribution in [1.29, 1.82) is 0 Å². The first-order valence-electron chi connectivity index (χ1n) is 17.7. The molecule has 0 amide bonds. The molecule has 2 aromatic heterocycles. The summed E-state index contributed by atoms with van der Waals surface area (Å²) in [4.78, 5) is 0. The smallest absolute Gasteiger partial charge is 0.143 e. The van der Waals surface area contributed by atoms with Crippen LogP contribution in [0, 0.1) is 0 Å². The summed E-state index contributed by atoms with van der Waals surface area (Å²) in [5.41, 5.74) is 13.7. The molecule has 0 aliphatic heterocycles. The van der Waals surface area contributed by atoms with E-state index in [9.17, 15) is 0 Å². The first kappa shape index (κ1) is 28.5. The molecule has 8 aromatic carbocycles. The van der Waals surface area contributed by atoms with E-state index in [1.807, 2.05) is 12.1 Å². The summed E-state index contributed by atoms with van der Waals surface area (Å²) in [5, 5.41) is 8.10. The van der Waals surface area contributed by atoms with E-state index in [4.69, 9.17) is 8.83 Å². The van der Waals surface area contributed by atoms with Crippen molar-refractivity contribution in [2.24, 2.45) is 0 Å². The second kappa shape index (κ2) is 10.3. The molecular formula is C49H32O2. The van der Waals surface area contributed by atoms with Crippen molar-refractivity contribution in [2.75, 3.05) is 0 Å². The van der Waals surface area contributed by atoms with Gasteiger partial charge in [-0.3, -0.25) is 0 Å². The summed E-state index contributed by atoms with van der Waals surface area (Å²) in [6.45, 7) is 4.64. The van der Waals surface area contributed by atoms with Crippen LogP contribution in [-0.2, 0) is 5.41 Å². The van der Waals surface area contributed by atoms with Crippen molar-refractivity contribution < 1.29 is 8.83 Å². The Balaban J connectivity index is 1.17. The zero-order valence-electron chi connectivity index (χ0n) is 28.3. The number of fused-ring (bicyclic) bond motifs is 9. The second-order valence-corrected chi connectivity index (χ2v) is 14.4. The fraction of sp³-hybridized carbons (Fsp3) is 0.0612. The number of furan rings is 2. The summed E-state index contributed by atoms with van der Waals surface area (Å²) >= 11 is 0. The van der Waals surface area contributed by atoms with Crippen LogP contribution in [0.15, 0.2) is 167 Å². The van der Waals surface area contributed by atoms with Gasteiger partial charge in [0.15, 0.2) is 0 Å². The first-order chi connectivity index (χ1) is 25.1. The summed E-state index contributed by atoms with van der Waals surface area (Å²) < 4.78 is 13.4. The zero-order valence-corrected chi connectivity index (χ0v) is 28.3. The fourth-order valence-corrected chi connectivity index (χ4v) is 8.93. The predicted octanol–water partition coefficient (Wildman–Crippen LogP) is 13.9. The van der Waals surface area contributed by atoms with Crippen molar-refractivity contribution in [2.45, 2.75) is 19.3 Å². The molecule has 51 heavy (non-hydrogen) atoms. The Morgan fingerprint density at radius 2 is 0.961 bits per heavy atom. The van der Waals surface area contributed by atoms with Crippen molar-refractivity contribution >= 4 is 54.5 Å². The Morgan fingerprint density at radius 1 is 0.373 bits per heavy atom. The van der Waals surface area contributed by atoms with Gasteiger partial charge in [0.25, 0.3) is 0 Å². The summed E-state index contributed by atoms with van der Waals surface area (Å²) in [5.74, 6) is 0.883. The van der Waals surface area contributed by atoms with Crippen LogP contribution in [0.1, 0.15) is 25.0 Å². The zero-order chi connectivity index (χ0) is 33.8. The lowest BCUT2D eigenvalue weighted by Gasteiger charge is -2.21. The number of hydrogen-bond donors (Lipinski definition) is 0. The van der Waals surface area contributed by atoms with Crippen LogP contribution in [0.3, 0.4) is 0 Å². The van der Waals surface area contributed by atoms with Crippen molar-refractivity contribution in [1.82, 2.24) is 0 Å².